The van der Waals surface area contributed by atoms with Gasteiger partial charge < -0.3 is 9.84 Å². The lowest BCUT2D eigenvalue weighted by atomic mass is 9.91. The molecule has 4 rings (SSSR count). The molecule has 0 spiro atoms. The van der Waals surface area contributed by atoms with Crippen molar-refractivity contribution in [1.29, 1.82) is 0 Å². The van der Waals surface area contributed by atoms with E-state index >= 15 is 0 Å². The fourth-order valence-electron chi connectivity index (χ4n) is 3.51. The summed E-state index contributed by atoms with van der Waals surface area (Å²) in [5.41, 5.74) is 4.23. The van der Waals surface area contributed by atoms with Crippen LogP contribution in [0.4, 0.5) is 0 Å². The lowest BCUT2D eigenvalue weighted by Crippen LogP contribution is -2.06. The predicted octanol–water partition coefficient (Wildman–Crippen LogP) is 3.75. The molecule has 0 bridgehead atoms. The summed E-state index contributed by atoms with van der Waals surface area (Å²) in [4.78, 5) is 16.3. The minimum Gasteiger partial charge on any atom is -0.494 e. The molecule has 136 valence electrons. The van der Waals surface area contributed by atoms with E-state index in [4.69, 9.17) is 9.72 Å². The number of carboxylic acid groups (broad SMARTS) is 1. The Morgan fingerprint density at radius 3 is 2.74 bits per heavy atom. The number of carbonyl (C=O) groups is 1. The van der Waals surface area contributed by atoms with Crippen molar-refractivity contribution in [3.63, 3.8) is 0 Å². The molecule has 27 heavy (non-hydrogen) atoms. The summed E-state index contributed by atoms with van der Waals surface area (Å²) in [6, 6.07) is 12.7. The Kier molecular flexibility index (Phi) is 4.19. The van der Waals surface area contributed by atoms with Gasteiger partial charge in [0, 0.05) is 17.0 Å². The Morgan fingerprint density at radius 2 is 2.00 bits per heavy atom. The number of ether oxygens (including phenoxy) is 1. The van der Waals surface area contributed by atoms with Crippen molar-refractivity contribution in [3.8, 4) is 5.75 Å². The van der Waals surface area contributed by atoms with Crippen molar-refractivity contribution in [1.82, 2.24) is 20.4 Å². The van der Waals surface area contributed by atoms with Crippen LogP contribution in [0.25, 0.3) is 21.9 Å². The number of pyridine rings is 1. The van der Waals surface area contributed by atoms with E-state index in [9.17, 15) is 9.90 Å². The number of rotatable bonds is 5. The number of methoxy groups -OCH3 is 1. The maximum Gasteiger partial charge on any atom is 0.336 e. The highest BCUT2D eigenvalue weighted by Crippen LogP contribution is 2.34. The molecule has 1 unspecified atom stereocenters. The van der Waals surface area contributed by atoms with Gasteiger partial charge in [-0.05, 0) is 42.3 Å². The molecule has 2 N–H and O–H groups in total. The number of H-pyrrole nitrogens is 1. The van der Waals surface area contributed by atoms with Gasteiger partial charge in [-0.15, -0.1) is 0 Å². The summed E-state index contributed by atoms with van der Waals surface area (Å²) in [6.45, 7) is 2.08. The monoisotopic (exact) mass is 362 g/mol. The van der Waals surface area contributed by atoms with Crippen LogP contribution in [0, 0.1) is 0 Å². The third-order valence-electron chi connectivity index (χ3n) is 4.81. The van der Waals surface area contributed by atoms with Crippen molar-refractivity contribution >= 4 is 27.9 Å². The van der Waals surface area contributed by atoms with E-state index in [0.29, 0.717) is 16.7 Å². The second kappa shape index (κ2) is 6.68. The first kappa shape index (κ1) is 17.0. The first-order valence-electron chi connectivity index (χ1n) is 8.64. The van der Waals surface area contributed by atoms with E-state index in [1.807, 2.05) is 24.3 Å². The number of para-hydroxylation sites is 1. The Morgan fingerprint density at radius 1 is 1.15 bits per heavy atom. The fraction of sp³-hybridized carbons (Fsp3) is 0.200. The van der Waals surface area contributed by atoms with Crippen molar-refractivity contribution in [2.75, 3.05) is 7.11 Å². The zero-order chi connectivity index (χ0) is 19.0. The minimum atomic E-state index is -0.989. The van der Waals surface area contributed by atoms with Gasteiger partial charge in [0.05, 0.1) is 12.7 Å². The first-order chi connectivity index (χ1) is 13.1. The van der Waals surface area contributed by atoms with Crippen molar-refractivity contribution in [2.45, 2.75) is 19.3 Å². The highest BCUT2D eigenvalue weighted by Gasteiger charge is 2.20. The summed E-state index contributed by atoms with van der Waals surface area (Å²) in [5.74, 6) is -0.440. The average molecular weight is 362 g/mol. The third kappa shape index (κ3) is 2.77. The molecular weight excluding hydrogens is 344 g/mol. The van der Waals surface area contributed by atoms with E-state index in [2.05, 4.69) is 22.3 Å². The highest BCUT2D eigenvalue weighted by molar-refractivity contribution is 6.04. The quantitative estimate of drug-likeness (QED) is 0.561. The molecule has 2 heterocycles. The minimum absolute atomic E-state index is 0.00129. The van der Waals surface area contributed by atoms with E-state index in [-0.39, 0.29) is 11.5 Å². The molecule has 7 nitrogen and oxygen atoms in total. The number of nitrogens with one attached hydrogen (secondary N) is 1. The Bertz CT molecular complexity index is 1150. The Balaban J connectivity index is 1.92. The molecule has 0 aliphatic rings. The van der Waals surface area contributed by atoms with Gasteiger partial charge in [-0.1, -0.05) is 19.1 Å². The van der Waals surface area contributed by atoms with Gasteiger partial charge in [-0.2, -0.15) is 15.4 Å². The molecular formula is C20H18N4O3. The Hall–Kier alpha value is -3.48. The molecule has 0 saturated heterocycles. The summed E-state index contributed by atoms with van der Waals surface area (Å²) in [6.07, 6.45) is 0.811. The van der Waals surface area contributed by atoms with Crippen LogP contribution in [0.15, 0.2) is 42.5 Å². The van der Waals surface area contributed by atoms with E-state index < -0.39 is 5.97 Å². The molecule has 0 aliphatic heterocycles. The van der Waals surface area contributed by atoms with E-state index in [0.717, 1.165) is 28.7 Å². The van der Waals surface area contributed by atoms with Gasteiger partial charge in [0.1, 0.15) is 22.3 Å². The number of aromatic carboxylic acids is 1. The normalized spacial score (nSPS) is 12.4. The molecule has 0 radical (unpaired) electrons. The zero-order valence-electron chi connectivity index (χ0n) is 14.9. The van der Waals surface area contributed by atoms with Crippen LogP contribution in [0.2, 0.25) is 0 Å². The average Bonchev–Trinajstić information content (AvgIpc) is 3.17. The van der Waals surface area contributed by atoms with Gasteiger partial charge >= 0.3 is 5.97 Å². The molecule has 7 heteroatoms. The molecule has 4 aromatic rings. The lowest BCUT2D eigenvalue weighted by Gasteiger charge is -2.17. The largest absolute Gasteiger partial charge is 0.494 e. The number of hydrogen-bond acceptors (Lipinski definition) is 5. The van der Waals surface area contributed by atoms with Gasteiger partial charge in [-0.25, -0.2) is 9.78 Å². The number of fused-ring (bicyclic) bond motifs is 2. The molecule has 0 saturated carbocycles. The van der Waals surface area contributed by atoms with Gasteiger partial charge in [-0.3, -0.25) is 0 Å². The maximum atomic E-state index is 11.5. The van der Waals surface area contributed by atoms with E-state index in [1.165, 1.54) is 6.07 Å². The smallest absolute Gasteiger partial charge is 0.336 e. The summed E-state index contributed by atoms with van der Waals surface area (Å²) in [7, 11) is 1.55. The number of nitrogens with zero attached hydrogens (tertiary/aromatic N) is 3. The standard InChI is InChI=1S/C20H18N4O3/c1-3-11(12-5-4-6-16-18(12)23-24-22-16)15-9-7-13-14(20(25)26)8-10-17(27-2)19(13)21-15/h4-11H,3H2,1-2H3,(H,25,26)(H,22,23,24). The number of benzene rings is 2. The fourth-order valence-corrected chi connectivity index (χ4v) is 3.51. The molecule has 1 atom stereocenters. The number of carboxylic acids is 1. The third-order valence-corrected chi connectivity index (χ3v) is 4.81. The van der Waals surface area contributed by atoms with Crippen molar-refractivity contribution in [3.05, 3.63) is 59.3 Å². The van der Waals surface area contributed by atoms with Crippen LogP contribution < -0.4 is 4.74 Å². The van der Waals surface area contributed by atoms with Gasteiger partial charge in [0.15, 0.2) is 0 Å². The van der Waals surface area contributed by atoms with E-state index in [1.54, 1.807) is 19.2 Å². The van der Waals surface area contributed by atoms with Gasteiger partial charge in [0.25, 0.3) is 0 Å². The second-order valence-electron chi connectivity index (χ2n) is 6.25. The summed E-state index contributed by atoms with van der Waals surface area (Å²) in [5, 5.41) is 21.1. The molecule has 0 amide bonds. The Labute approximate surface area is 155 Å². The lowest BCUT2D eigenvalue weighted by molar-refractivity contribution is 0.0699. The first-order valence-corrected chi connectivity index (χ1v) is 8.64. The van der Waals surface area contributed by atoms with Crippen LogP contribution in [0.1, 0.15) is 40.9 Å². The predicted molar refractivity (Wildman–Crippen MR) is 101 cm³/mol. The number of aromatic nitrogens is 4. The van der Waals surface area contributed by atoms with Crippen LogP contribution in [0.5, 0.6) is 5.75 Å². The second-order valence-corrected chi connectivity index (χ2v) is 6.25. The zero-order valence-corrected chi connectivity index (χ0v) is 14.9. The highest BCUT2D eigenvalue weighted by atomic mass is 16.5. The van der Waals surface area contributed by atoms with Crippen LogP contribution in [0.3, 0.4) is 0 Å². The maximum absolute atomic E-state index is 11.5. The number of aromatic amines is 1. The summed E-state index contributed by atoms with van der Waals surface area (Å²) < 4.78 is 5.41. The molecule has 0 fully saturated rings. The van der Waals surface area contributed by atoms with Crippen molar-refractivity contribution in [2.24, 2.45) is 0 Å². The SMILES string of the molecule is CCC(c1ccc2c(C(=O)O)ccc(OC)c2n1)c1cccc2n[nH]nc12. The molecule has 2 aromatic carbocycles. The van der Waals surface area contributed by atoms with Crippen LogP contribution in [-0.2, 0) is 0 Å². The topological polar surface area (TPSA) is 101 Å². The molecule has 2 aromatic heterocycles. The molecule has 0 aliphatic carbocycles. The van der Waals surface area contributed by atoms with Gasteiger partial charge in [0.2, 0.25) is 0 Å². The van der Waals surface area contributed by atoms with Crippen LogP contribution >= 0.6 is 0 Å². The van der Waals surface area contributed by atoms with Crippen molar-refractivity contribution < 1.29 is 14.6 Å². The van der Waals surface area contributed by atoms with Crippen LogP contribution in [-0.4, -0.2) is 38.6 Å². The number of hydrogen-bond donors (Lipinski definition) is 2. The summed E-state index contributed by atoms with van der Waals surface area (Å²) >= 11 is 0.